The molecule has 1 aliphatic rings. The predicted octanol–water partition coefficient (Wildman–Crippen LogP) is 5.60. The number of ketones is 1. The number of carbonyl (C=O) groups is 1. The third kappa shape index (κ3) is 4.78. The van der Waals surface area contributed by atoms with Crippen LogP contribution in [0.2, 0.25) is 0 Å². The highest BCUT2D eigenvalue weighted by atomic mass is 19.1. The van der Waals surface area contributed by atoms with E-state index in [4.69, 9.17) is 14.2 Å². The zero-order valence-corrected chi connectivity index (χ0v) is 23.5. The van der Waals surface area contributed by atoms with E-state index >= 15 is 0 Å². The number of halogens is 1. The maximum absolute atomic E-state index is 14.7. The summed E-state index contributed by atoms with van der Waals surface area (Å²) in [4.78, 5) is 35.8. The van der Waals surface area contributed by atoms with Crippen molar-refractivity contribution >= 4 is 16.7 Å². The minimum absolute atomic E-state index is 0.0259. The number of ether oxygens (including phenoxy) is 3. The Morgan fingerprint density at radius 3 is 2.52 bits per heavy atom. The van der Waals surface area contributed by atoms with Gasteiger partial charge in [-0.1, -0.05) is 24.3 Å². The minimum atomic E-state index is -0.510. The number of aromatic nitrogens is 4. The molecule has 0 radical (unpaired) electrons. The standard InChI is InChI=1S/C32H29FN4O5/c1-19-14-20(11-12-27(19)42-31-21-16-28(40-2)29(41-3)17-23(21)34-18-35-31)15-26(38)30-25-10-6-7-13-36(25)37(32(30)39)24-9-5-4-8-22(24)33/h4-5,8-9,11-12,14,16-18H,6-7,10,13,15H2,1-3H3. The largest absolute Gasteiger partial charge is 0.493 e. The second-order valence-electron chi connectivity index (χ2n) is 10.2. The molecule has 0 bridgehead atoms. The van der Waals surface area contributed by atoms with Crippen molar-refractivity contribution in [3.63, 3.8) is 0 Å². The maximum Gasteiger partial charge on any atom is 0.282 e. The molecule has 42 heavy (non-hydrogen) atoms. The summed E-state index contributed by atoms with van der Waals surface area (Å²) >= 11 is 0. The minimum Gasteiger partial charge on any atom is -0.493 e. The summed E-state index contributed by atoms with van der Waals surface area (Å²) in [5, 5.41) is 0.651. The van der Waals surface area contributed by atoms with E-state index in [1.54, 1.807) is 61.4 Å². The average Bonchev–Trinajstić information content (AvgIpc) is 3.29. The van der Waals surface area contributed by atoms with Crippen molar-refractivity contribution in [2.75, 3.05) is 14.2 Å². The summed E-state index contributed by atoms with van der Waals surface area (Å²) in [5.41, 5.74) is 2.62. The van der Waals surface area contributed by atoms with Gasteiger partial charge in [-0.05, 0) is 61.6 Å². The Balaban J connectivity index is 1.29. The highest BCUT2D eigenvalue weighted by Gasteiger charge is 2.28. The van der Waals surface area contributed by atoms with E-state index in [2.05, 4.69) is 9.97 Å². The molecule has 0 aliphatic carbocycles. The molecule has 2 aromatic heterocycles. The summed E-state index contributed by atoms with van der Waals surface area (Å²) < 4.78 is 34.7. The Labute approximate surface area is 241 Å². The van der Waals surface area contributed by atoms with Gasteiger partial charge in [-0.15, -0.1) is 0 Å². The molecule has 0 unspecified atom stereocenters. The number of benzene rings is 3. The first-order valence-electron chi connectivity index (χ1n) is 13.7. The Kier molecular flexibility index (Phi) is 7.20. The van der Waals surface area contributed by atoms with Crippen molar-refractivity contribution in [2.24, 2.45) is 0 Å². The van der Waals surface area contributed by atoms with Crippen LogP contribution in [-0.4, -0.2) is 39.3 Å². The Morgan fingerprint density at radius 1 is 0.976 bits per heavy atom. The molecule has 0 saturated carbocycles. The van der Waals surface area contributed by atoms with Crippen molar-refractivity contribution in [1.82, 2.24) is 19.3 Å². The fraction of sp³-hybridized carbons (Fsp3) is 0.250. The molecular formula is C32H29FN4O5. The van der Waals surface area contributed by atoms with Crippen molar-refractivity contribution < 1.29 is 23.4 Å². The molecule has 3 aromatic carbocycles. The lowest BCUT2D eigenvalue weighted by Gasteiger charge is -2.19. The molecule has 0 amide bonds. The van der Waals surface area contributed by atoms with Crippen LogP contribution in [0, 0.1) is 12.7 Å². The van der Waals surface area contributed by atoms with Gasteiger partial charge in [0.05, 0.1) is 30.8 Å². The molecule has 0 N–H and O–H groups in total. The first-order chi connectivity index (χ1) is 20.4. The van der Waals surface area contributed by atoms with Gasteiger partial charge in [0.15, 0.2) is 17.3 Å². The number of nitrogens with zero attached hydrogens (tertiary/aromatic N) is 4. The molecule has 9 nitrogen and oxygen atoms in total. The van der Waals surface area contributed by atoms with Gasteiger partial charge in [-0.25, -0.2) is 19.0 Å². The van der Waals surface area contributed by atoms with Gasteiger partial charge in [0.1, 0.15) is 29.1 Å². The highest BCUT2D eigenvalue weighted by Crippen LogP contribution is 2.36. The molecule has 10 heteroatoms. The number of carbonyl (C=O) groups excluding carboxylic acids is 1. The Hall–Kier alpha value is -4.99. The van der Waals surface area contributed by atoms with Crippen molar-refractivity contribution in [3.8, 4) is 28.8 Å². The molecular weight excluding hydrogens is 539 g/mol. The third-order valence-corrected chi connectivity index (χ3v) is 7.56. The van der Waals surface area contributed by atoms with E-state index in [-0.39, 0.29) is 23.5 Å². The molecule has 5 aromatic rings. The molecule has 3 heterocycles. The first kappa shape index (κ1) is 27.2. The lowest BCUT2D eigenvalue weighted by molar-refractivity contribution is 0.0990. The van der Waals surface area contributed by atoms with Gasteiger partial charge in [0.25, 0.3) is 5.56 Å². The quantitative estimate of drug-likeness (QED) is 0.225. The number of Topliss-reactive ketones (excluding diaryl/α,β-unsaturated/α-hetero) is 1. The van der Waals surface area contributed by atoms with Gasteiger partial charge < -0.3 is 14.2 Å². The van der Waals surface area contributed by atoms with Crippen molar-refractivity contribution in [3.05, 3.63) is 99.5 Å². The van der Waals surface area contributed by atoms with Crippen LogP contribution >= 0.6 is 0 Å². The number of para-hydroxylation sites is 1. The number of fused-ring (bicyclic) bond motifs is 2. The Morgan fingerprint density at radius 2 is 1.76 bits per heavy atom. The lowest BCUT2D eigenvalue weighted by atomic mass is 9.98. The lowest BCUT2D eigenvalue weighted by Crippen LogP contribution is -2.25. The molecule has 0 saturated heterocycles. The van der Waals surface area contributed by atoms with Crippen LogP contribution in [-0.2, 0) is 19.4 Å². The molecule has 1 aliphatic heterocycles. The summed E-state index contributed by atoms with van der Waals surface area (Å²) in [6.45, 7) is 2.43. The van der Waals surface area contributed by atoms with E-state index in [0.29, 0.717) is 52.7 Å². The summed E-state index contributed by atoms with van der Waals surface area (Å²) in [6.07, 6.45) is 3.75. The SMILES string of the molecule is COc1cc2ncnc(Oc3ccc(CC(=O)c4c5n(n(-c6ccccc6F)c4=O)CCCC5)cc3C)c2cc1OC. The van der Waals surface area contributed by atoms with E-state index in [9.17, 15) is 14.0 Å². The van der Waals surface area contributed by atoms with Crippen LogP contribution in [0.3, 0.4) is 0 Å². The Bertz CT molecular complexity index is 1890. The van der Waals surface area contributed by atoms with Crippen molar-refractivity contribution in [2.45, 2.75) is 39.2 Å². The predicted molar refractivity (Wildman–Crippen MR) is 155 cm³/mol. The third-order valence-electron chi connectivity index (χ3n) is 7.56. The van der Waals surface area contributed by atoms with Crippen LogP contribution in [0.4, 0.5) is 4.39 Å². The number of aryl methyl sites for hydroxylation is 1. The van der Waals surface area contributed by atoms with E-state index in [0.717, 1.165) is 24.0 Å². The van der Waals surface area contributed by atoms with Crippen LogP contribution in [0.15, 0.2) is 65.7 Å². The van der Waals surface area contributed by atoms with Crippen molar-refractivity contribution in [1.29, 1.82) is 0 Å². The van der Waals surface area contributed by atoms with Crippen LogP contribution in [0.25, 0.3) is 16.6 Å². The summed E-state index contributed by atoms with van der Waals surface area (Å²) in [5.74, 6) is 1.18. The molecule has 0 atom stereocenters. The number of rotatable bonds is 8. The number of methoxy groups -OCH3 is 2. The zero-order chi connectivity index (χ0) is 29.4. The molecule has 0 spiro atoms. The molecule has 214 valence electrons. The van der Waals surface area contributed by atoms with E-state index in [1.807, 2.05) is 13.0 Å². The zero-order valence-electron chi connectivity index (χ0n) is 23.5. The number of hydrogen-bond acceptors (Lipinski definition) is 7. The highest BCUT2D eigenvalue weighted by molar-refractivity contribution is 5.98. The van der Waals surface area contributed by atoms with E-state index in [1.165, 1.54) is 17.1 Å². The fourth-order valence-corrected chi connectivity index (χ4v) is 5.53. The topological polar surface area (TPSA) is 97.5 Å². The normalized spacial score (nSPS) is 12.7. The van der Waals surface area contributed by atoms with Gasteiger partial charge in [-0.3, -0.25) is 14.3 Å². The van der Waals surface area contributed by atoms with Gasteiger partial charge in [0, 0.05) is 19.0 Å². The second kappa shape index (κ2) is 11.1. The van der Waals surface area contributed by atoms with Gasteiger partial charge >= 0.3 is 0 Å². The monoisotopic (exact) mass is 568 g/mol. The summed E-state index contributed by atoms with van der Waals surface area (Å²) in [7, 11) is 3.11. The molecule has 6 rings (SSSR count). The first-order valence-corrected chi connectivity index (χ1v) is 13.7. The maximum atomic E-state index is 14.7. The smallest absolute Gasteiger partial charge is 0.282 e. The van der Waals surface area contributed by atoms with E-state index < -0.39 is 11.4 Å². The molecule has 0 fully saturated rings. The average molecular weight is 569 g/mol. The van der Waals surface area contributed by atoms with Crippen LogP contribution < -0.4 is 19.8 Å². The van der Waals surface area contributed by atoms with Gasteiger partial charge in [-0.2, -0.15) is 0 Å². The van der Waals surface area contributed by atoms with Crippen LogP contribution in [0.5, 0.6) is 23.1 Å². The van der Waals surface area contributed by atoms with Crippen LogP contribution in [0.1, 0.15) is 40.0 Å². The second-order valence-corrected chi connectivity index (χ2v) is 10.2. The van der Waals surface area contributed by atoms with Gasteiger partial charge in [0.2, 0.25) is 5.88 Å². The summed E-state index contributed by atoms with van der Waals surface area (Å²) in [6, 6.07) is 15.1. The fourth-order valence-electron chi connectivity index (χ4n) is 5.53. The number of hydrogen-bond donors (Lipinski definition) is 0.